The molecule has 0 bridgehead atoms. The van der Waals surface area contributed by atoms with Crippen molar-refractivity contribution in [1.82, 2.24) is 9.97 Å². The summed E-state index contributed by atoms with van der Waals surface area (Å²) in [5.74, 6) is 1.53. The number of hydrogen-bond donors (Lipinski definition) is 2. The SMILES string of the molecule is COc1ccc(NCc2cnc[nH]2)c(OC)c1. The third-order valence-electron chi connectivity index (χ3n) is 2.43. The normalized spacial score (nSPS) is 10.0. The van der Waals surface area contributed by atoms with Crippen molar-refractivity contribution in [2.45, 2.75) is 6.54 Å². The molecule has 0 unspecified atom stereocenters. The Kier molecular flexibility index (Phi) is 3.49. The molecule has 0 saturated carbocycles. The van der Waals surface area contributed by atoms with E-state index in [0.29, 0.717) is 6.54 Å². The monoisotopic (exact) mass is 233 g/mol. The van der Waals surface area contributed by atoms with Gasteiger partial charge in [-0.1, -0.05) is 0 Å². The molecule has 1 aromatic heterocycles. The molecule has 0 fully saturated rings. The van der Waals surface area contributed by atoms with Crippen LogP contribution in [0.15, 0.2) is 30.7 Å². The average Bonchev–Trinajstić information content (AvgIpc) is 2.89. The molecule has 2 N–H and O–H groups in total. The molecular weight excluding hydrogens is 218 g/mol. The van der Waals surface area contributed by atoms with Crippen molar-refractivity contribution < 1.29 is 9.47 Å². The summed E-state index contributed by atoms with van der Waals surface area (Å²) in [4.78, 5) is 6.99. The van der Waals surface area contributed by atoms with Crippen LogP contribution in [-0.2, 0) is 6.54 Å². The average molecular weight is 233 g/mol. The molecule has 1 heterocycles. The first-order valence-corrected chi connectivity index (χ1v) is 5.26. The fraction of sp³-hybridized carbons (Fsp3) is 0.250. The third-order valence-corrected chi connectivity index (χ3v) is 2.43. The molecule has 1 aromatic carbocycles. The number of methoxy groups -OCH3 is 2. The first-order valence-electron chi connectivity index (χ1n) is 5.26. The Morgan fingerprint density at radius 2 is 2.18 bits per heavy atom. The zero-order valence-corrected chi connectivity index (χ0v) is 9.86. The summed E-state index contributed by atoms with van der Waals surface area (Å²) in [5.41, 5.74) is 1.94. The quantitative estimate of drug-likeness (QED) is 0.829. The third kappa shape index (κ3) is 2.69. The summed E-state index contributed by atoms with van der Waals surface area (Å²) in [6.07, 6.45) is 3.44. The lowest BCUT2D eigenvalue weighted by molar-refractivity contribution is 0.395. The van der Waals surface area contributed by atoms with Crippen molar-refractivity contribution in [3.8, 4) is 11.5 Å². The van der Waals surface area contributed by atoms with Gasteiger partial charge < -0.3 is 19.8 Å². The van der Waals surface area contributed by atoms with Gasteiger partial charge in [-0.15, -0.1) is 0 Å². The van der Waals surface area contributed by atoms with Gasteiger partial charge in [-0.05, 0) is 12.1 Å². The number of aromatic amines is 1. The number of rotatable bonds is 5. The molecule has 0 atom stereocenters. The molecule has 0 amide bonds. The van der Waals surface area contributed by atoms with Crippen molar-refractivity contribution in [2.75, 3.05) is 19.5 Å². The highest BCUT2D eigenvalue weighted by Gasteiger charge is 2.04. The van der Waals surface area contributed by atoms with Crippen LogP contribution < -0.4 is 14.8 Å². The van der Waals surface area contributed by atoms with Gasteiger partial charge >= 0.3 is 0 Å². The second-order valence-corrected chi connectivity index (χ2v) is 3.50. The lowest BCUT2D eigenvalue weighted by Gasteiger charge is -2.11. The molecule has 90 valence electrons. The molecule has 0 aliphatic carbocycles. The highest BCUT2D eigenvalue weighted by atomic mass is 16.5. The Hall–Kier alpha value is -2.17. The van der Waals surface area contributed by atoms with E-state index in [-0.39, 0.29) is 0 Å². The number of benzene rings is 1. The zero-order chi connectivity index (χ0) is 12.1. The van der Waals surface area contributed by atoms with E-state index in [1.165, 1.54) is 0 Å². The lowest BCUT2D eigenvalue weighted by Crippen LogP contribution is -2.01. The number of imidazole rings is 1. The minimum atomic E-state index is 0.669. The molecule has 2 rings (SSSR count). The maximum atomic E-state index is 5.29. The Bertz CT molecular complexity index is 469. The van der Waals surface area contributed by atoms with Gasteiger partial charge in [0.2, 0.25) is 0 Å². The van der Waals surface area contributed by atoms with Crippen molar-refractivity contribution in [3.05, 3.63) is 36.4 Å². The standard InChI is InChI=1S/C12H15N3O2/c1-16-10-3-4-11(12(5-10)17-2)14-7-9-6-13-8-15-9/h3-6,8,14H,7H2,1-2H3,(H,13,15). The molecule has 0 spiro atoms. The van der Waals surface area contributed by atoms with Crippen molar-refractivity contribution in [1.29, 1.82) is 0 Å². The molecule has 2 aromatic rings. The molecule has 0 aliphatic rings. The highest BCUT2D eigenvalue weighted by Crippen LogP contribution is 2.29. The summed E-state index contributed by atoms with van der Waals surface area (Å²) in [5, 5.41) is 3.27. The molecule has 0 radical (unpaired) electrons. The molecular formula is C12H15N3O2. The van der Waals surface area contributed by atoms with Gasteiger partial charge in [0.15, 0.2) is 0 Å². The van der Waals surface area contributed by atoms with Crippen LogP contribution in [0.4, 0.5) is 5.69 Å². The highest BCUT2D eigenvalue weighted by molar-refractivity contribution is 5.59. The molecule has 5 heteroatoms. The molecule has 5 nitrogen and oxygen atoms in total. The van der Waals surface area contributed by atoms with E-state index < -0.39 is 0 Å². The molecule has 0 aliphatic heterocycles. The molecule has 0 saturated heterocycles. The van der Waals surface area contributed by atoms with E-state index >= 15 is 0 Å². The fourth-order valence-electron chi connectivity index (χ4n) is 1.52. The number of nitrogens with zero attached hydrogens (tertiary/aromatic N) is 1. The minimum Gasteiger partial charge on any atom is -0.497 e. The number of aromatic nitrogens is 2. The fourth-order valence-corrected chi connectivity index (χ4v) is 1.52. The Labute approximate surface area is 99.8 Å². The van der Waals surface area contributed by atoms with Gasteiger partial charge in [-0.3, -0.25) is 0 Å². The maximum Gasteiger partial charge on any atom is 0.145 e. The number of anilines is 1. The van der Waals surface area contributed by atoms with Gasteiger partial charge in [0.25, 0.3) is 0 Å². The van der Waals surface area contributed by atoms with E-state index in [1.807, 2.05) is 18.2 Å². The predicted octanol–water partition coefficient (Wildman–Crippen LogP) is 2.04. The van der Waals surface area contributed by atoms with Gasteiger partial charge in [0.1, 0.15) is 11.5 Å². The zero-order valence-electron chi connectivity index (χ0n) is 9.86. The lowest BCUT2D eigenvalue weighted by atomic mass is 10.2. The summed E-state index contributed by atoms with van der Waals surface area (Å²) < 4.78 is 10.4. The van der Waals surface area contributed by atoms with Gasteiger partial charge in [-0.2, -0.15) is 0 Å². The minimum absolute atomic E-state index is 0.669. The van der Waals surface area contributed by atoms with Crippen LogP contribution in [0.1, 0.15) is 5.69 Å². The first-order chi connectivity index (χ1) is 8.33. The van der Waals surface area contributed by atoms with Crippen LogP contribution in [0.3, 0.4) is 0 Å². The first kappa shape index (κ1) is 11.3. The number of H-pyrrole nitrogens is 1. The summed E-state index contributed by atoms with van der Waals surface area (Å²) in [6, 6.07) is 5.65. The molecule has 17 heavy (non-hydrogen) atoms. The van der Waals surface area contributed by atoms with Crippen LogP contribution in [0.25, 0.3) is 0 Å². The van der Waals surface area contributed by atoms with Crippen LogP contribution in [0, 0.1) is 0 Å². The van der Waals surface area contributed by atoms with E-state index in [0.717, 1.165) is 22.9 Å². The summed E-state index contributed by atoms with van der Waals surface area (Å²) in [7, 11) is 3.27. The second-order valence-electron chi connectivity index (χ2n) is 3.50. The number of hydrogen-bond acceptors (Lipinski definition) is 4. The van der Waals surface area contributed by atoms with Crippen LogP contribution in [0.2, 0.25) is 0 Å². The van der Waals surface area contributed by atoms with E-state index in [1.54, 1.807) is 26.7 Å². The largest absolute Gasteiger partial charge is 0.497 e. The van der Waals surface area contributed by atoms with Crippen molar-refractivity contribution in [2.24, 2.45) is 0 Å². The van der Waals surface area contributed by atoms with Crippen LogP contribution >= 0.6 is 0 Å². The topological polar surface area (TPSA) is 59.2 Å². The van der Waals surface area contributed by atoms with Crippen molar-refractivity contribution >= 4 is 5.69 Å². The van der Waals surface area contributed by atoms with E-state index in [9.17, 15) is 0 Å². The predicted molar refractivity (Wildman–Crippen MR) is 65.5 cm³/mol. The van der Waals surface area contributed by atoms with Crippen molar-refractivity contribution in [3.63, 3.8) is 0 Å². The Morgan fingerprint density at radius 3 is 2.82 bits per heavy atom. The van der Waals surface area contributed by atoms with Gasteiger partial charge in [0.05, 0.1) is 38.5 Å². The Morgan fingerprint density at radius 1 is 1.29 bits per heavy atom. The van der Waals surface area contributed by atoms with E-state index in [4.69, 9.17) is 9.47 Å². The van der Waals surface area contributed by atoms with E-state index in [2.05, 4.69) is 15.3 Å². The maximum absolute atomic E-state index is 5.29. The second kappa shape index (κ2) is 5.25. The summed E-state index contributed by atoms with van der Waals surface area (Å²) >= 11 is 0. The Balaban J connectivity index is 2.09. The van der Waals surface area contributed by atoms with Gasteiger partial charge in [0, 0.05) is 12.3 Å². The summed E-state index contributed by atoms with van der Waals surface area (Å²) in [6.45, 7) is 0.669. The number of nitrogens with one attached hydrogen (secondary N) is 2. The van der Waals surface area contributed by atoms with Crippen LogP contribution in [-0.4, -0.2) is 24.2 Å². The number of ether oxygens (including phenoxy) is 2. The van der Waals surface area contributed by atoms with Crippen LogP contribution in [0.5, 0.6) is 11.5 Å². The van der Waals surface area contributed by atoms with Gasteiger partial charge in [-0.25, -0.2) is 4.98 Å². The smallest absolute Gasteiger partial charge is 0.145 e.